The van der Waals surface area contributed by atoms with Crippen LogP contribution in [0.15, 0.2) is 54.9 Å². The van der Waals surface area contributed by atoms with Crippen molar-refractivity contribution in [2.45, 2.75) is 0 Å². The Balaban J connectivity index is 1.66. The number of benzene rings is 2. The van der Waals surface area contributed by atoms with Gasteiger partial charge in [-0.25, -0.2) is 9.48 Å². The third kappa shape index (κ3) is 3.43. The number of aromatic nitrogens is 4. The number of ether oxygens (including phenoxy) is 1. The van der Waals surface area contributed by atoms with E-state index in [2.05, 4.69) is 26.2 Å². The van der Waals surface area contributed by atoms with Crippen molar-refractivity contribution < 1.29 is 9.53 Å². The number of rotatable bonds is 4. The molecule has 0 atom stereocenters. The first-order valence-corrected chi connectivity index (χ1v) is 6.81. The van der Waals surface area contributed by atoms with Crippen molar-refractivity contribution in [1.29, 1.82) is 0 Å². The molecule has 0 aliphatic carbocycles. The van der Waals surface area contributed by atoms with Crippen molar-refractivity contribution in [2.75, 3.05) is 17.7 Å². The maximum atomic E-state index is 12.0. The van der Waals surface area contributed by atoms with Crippen LogP contribution in [-0.2, 0) is 0 Å². The molecule has 0 aliphatic heterocycles. The van der Waals surface area contributed by atoms with E-state index in [0.717, 1.165) is 5.69 Å². The molecular formula is C15H14N6O2. The number of anilines is 2. The summed E-state index contributed by atoms with van der Waals surface area (Å²) in [6.45, 7) is 0. The van der Waals surface area contributed by atoms with E-state index in [1.54, 1.807) is 43.5 Å². The number of urea groups is 1. The Morgan fingerprint density at radius 2 is 1.87 bits per heavy atom. The van der Waals surface area contributed by atoms with Crippen LogP contribution in [0.5, 0.6) is 5.75 Å². The second-order valence-corrected chi connectivity index (χ2v) is 4.58. The second-order valence-electron chi connectivity index (χ2n) is 4.58. The lowest BCUT2D eigenvalue weighted by atomic mass is 10.3. The van der Waals surface area contributed by atoms with Gasteiger partial charge in [0.2, 0.25) is 0 Å². The number of nitrogens with one attached hydrogen (secondary N) is 2. The minimum Gasteiger partial charge on any atom is -0.495 e. The molecule has 8 heteroatoms. The van der Waals surface area contributed by atoms with E-state index in [0.29, 0.717) is 17.1 Å². The van der Waals surface area contributed by atoms with Crippen LogP contribution >= 0.6 is 0 Å². The van der Waals surface area contributed by atoms with Gasteiger partial charge in [0.15, 0.2) is 0 Å². The Morgan fingerprint density at radius 3 is 2.57 bits per heavy atom. The third-order valence-corrected chi connectivity index (χ3v) is 3.09. The fourth-order valence-corrected chi connectivity index (χ4v) is 2.01. The van der Waals surface area contributed by atoms with Crippen molar-refractivity contribution in [3.8, 4) is 11.4 Å². The summed E-state index contributed by atoms with van der Waals surface area (Å²) >= 11 is 0. The first-order chi connectivity index (χ1) is 11.3. The predicted octanol–water partition coefficient (Wildman–Crippen LogP) is 2.31. The number of para-hydroxylation sites is 2. The Morgan fingerprint density at radius 1 is 1.09 bits per heavy atom. The van der Waals surface area contributed by atoms with Gasteiger partial charge in [0, 0.05) is 5.69 Å². The van der Waals surface area contributed by atoms with E-state index in [9.17, 15) is 4.79 Å². The Labute approximate surface area is 132 Å². The van der Waals surface area contributed by atoms with Gasteiger partial charge in [-0.05, 0) is 46.8 Å². The number of tetrazole rings is 1. The highest BCUT2D eigenvalue weighted by Gasteiger charge is 2.07. The van der Waals surface area contributed by atoms with Gasteiger partial charge in [-0.2, -0.15) is 0 Å². The molecule has 2 aromatic carbocycles. The van der Waals surface area contributed by atoms with E-state index in [1.165, 1.54) is 11.0 Å². The molecular weight excluding hydrogens is 296 g/mol. The normalized spacial score (nSPS) is 10.1. The molecule has 8 nitrogen and oxygen atoms in total. The van der Waals surface area contributed by atoms with Gasteiger partial charge in [-0.1, -0.05) is 12.1 Å². The molecule has 3 rings (SSSR count). The van der Waals surface area contributed by atoms with Gasteiger partial charge in [-0.3, -0.25) is 0 Å². The van der Waals surface area contributed by atoms with E-state index in [-0.39, 0.29) is 6.03 Å². The molecule has 3 aromatic rings. The van der Waals surface area contributed by atoms with Crippen molar-refractivity contribution in [3.63, 3.8) is 0 Å². The quantitative estimate of drug-likeness (QED) is 0.771. The van der Waals surface area contributed by atoms with E-state index < -0.39 is 0 Å². The zero-order valence-electron chi connectivity index (χ0n) is 12.3. The average Bonchev–Trinajstić information content (AvgIpc) is 3.10. The average molecular weight is 310 g/mol. The molecule has 116 valence electrons. The standard InChI is InChI=1S/C15H14N6O2/c1-23-14-5-3-2-4-13(14)18-15(22)17-11-6-8-12(9-7-11)21-10-16-19-20-21/h2-10H,1H3,(H2,17,18,22). The van der Waals surface area contributed by atoms with Crippen LogP contribution in [-0.4, -0.2) is 33.3 Å². The lowest BCUT2D eigenvalue weighted by Gasteiger charge is -2.11. The molecule has 0 radical (unpaired) electrons. The first kappa shape index (κ1) is 14.5. The van der Waals surface area contributed by atoms with Gasteiger partial charge in [0.1, 0.15) is 12.1 Å². The van der Waals surface area contributed by atoms with Crippen LogP contribution < -0.4 is 15.4 Å². The predicted molar refractivity (Wildman–Crippen MR) is 84.8 cm³/mol. The third-order valence-electron chi connectivity index (χ3n) is 3.09. The molecule has 1 heterocycles. The summed E-state index contributed by atoms with van der Waals surface area (Å²) in [5.74, 6) is 0.594. The molecule has 1 aromatic heterocycles. The fourth-order valence-electron chi connectivity index (χ4n) is 2.01. The monoisotopic (exact) mass is 310 g/mol. The molecule has 0 spiro atoms. The molecule has 0 saturated heterocycles. The van der Waals surface area contributed by atoms with Crippen LogP contribution in [0.25, 0.3) is 5.69 Å². The fraction of sp³-hybridized carbons (Fsp3) is 0.0667. The smallest absolute Gasteiger partial charge is 0.323 e. The molecule has 0 saturated carbocycles. The van der Waals surface area contributed by atoms with E-state index in [1.807, 2.05) is 12.1 Å². The maximum absolute atomic E-state index is 12.0. The number of hydrogen-bond acceptors (Lipinski definition) is 5. The maximum Gasteiger partial charge on any atom is 0.323 e. The van der Waals surface area contributed by atoms with Gasteiger partial charge in [0.05, 0.1) is 18.5 Å². The molecule has 2 amide bonds. The molecule has 0 fully saturated rings. The highest BCUT2D eigenvalue weighted by atomic mass is 16.5. The largest absolute Gasteiger partial charge is 0.495 e. The minimum absolute atomic E-state index is 0.357. The highest BCUT2D eigenvalue weighted by Crippen LogP contribution is 2.23. The highest BCUT2D eigenvalue weighted by molar-refractivity contribution is 6.00. The van der Waals surface area contributed by atoms with Crippen LogP contribution in [0, 0.1) is 0 Å². The number of nitrogens with zero attached hydrogens (tertiary/aromatic N) is 4. The minimum atomic E-state index is -0.357. The van der Waals surface area contributed by atoms with Gasteiger partial charge < -0.3 is 15.4 Å². The van der Waals surface area contributed by atoms with Gasteiger partial charge in [-0.15, -0.1) is 5.10 Å². The van der Waals surface area contributed by atoms with E-state index >= 15 is 0 Å². The Hall–Kier alpha value is -3.42. The van der Waals surface area contributed by atoms with Crippen molar-refractivity contribution in [3.05, 3.63) is 54.9 Å². The zero-order valence-corrected chi connectivity index (χ0v) is 12.3. The lowest BCUT2D eigenvalue weighted by molar-refractivity contribution is 0.262. The number of carbonyl (C=O) groups is 1. The molecule has 0 unspecified atom stereocenters. The summed E-state index contributed by atoms with van der Waals surface area (Å²) in [5.41, 5.74) is 2.04. The van der Waals surface area contributed by atoms with E-state index in [4.69, 9.17) is 4.74 Å². The van der Waals surface area contributed by atoms with Crippen molar-refractivity contribution >= 4 is 17.4 Å². The summed E-state index contributed by atoms with van der Waals surface area (Å²) in [4.78, 5) is 12.0. The Kier molecular flexibility index (Phi) is 4.14. The Bertz CT molecular complexity index is 786. The molecule has 0 bridgehead atoms. The number of hydrogen-bond donors (Lipinski definition) is 2. The summed E-state index contributed by atoms with van der Waals surface area (Å²) in [6, 6.07) is 14.0. The summed E-state index contributed by atoms with van der Waals surface area (Å²) in [6.07, 6.45) is 1.50. The summed E-state index contributed by atoms with van der Waals surface area (Å²) in [7, 11) is 1.55. The van der Waals surface area contributed by atoms with Crippen LogP contribution in [0.4, 0.5) is 16.2 Å². The molecule has 0 aliphatic rings. The lowest BCUT2D eigenvalue weighted by Crippen LogP contribution is -2.19. The zero-order chi connectivity index (χ0) is 16.1. The van der Waals surface area contributed by atoms with Crippen LogP contribution in [0.2, 0.25) is 0 Å². The van der Waals surface area contributed by atoms with Crippen LogP contribution in [0.1, 0.15) is 0 Å². The topological polar surface area (TPSA) is 94.0 Å². The molecule has 23 heavy (non-hydrogen) atoms. The number of methoxy groups -OCH3 is 1. The van der Waals surface area contributed by atoms with Crippen LogP contribution in [0.3, 0.4) is 0 Å². The number of amides is 2. The molecule has 2 N–H and O–H groups in total. The summed E-state index contributed by atoms with van der Waals surface area (Å²) in [5, 5.41) is 16.4. The SMILES string of the molecule is COc1ccccc1NC(=O)Nc1ccc(-n2cnnn2)cc1. The van der Waals surface area contributed by atoms with Crippen molar-refractivity contribution in [2.24, 2.45) is 0 Å². The van der Waals surface area contributed by atoms with Crippen molar-refractivity contribution in [1.82, 2.24) is 20.2 Å². The van der Waals surface area contributed by atoms with Gasteiger partial charge in [0.25, 0.3) is 0 Å². The summed E-state index contributed by atoms with van der Waals surface area (Å²) < 4.78 is 6.72. The number of carbonyl (C=O) groups excluding carboxylic acids is 1. The van der Waals surface area contributed by atoms with Gasteiger partial charge >= 0.3 is 6.03 Å². The first-order valence-electron chi connectivity index (χ1n) is 6.81. The second kappa shape index (κ2) is 6.56.